The second-order valence-electron chi connectivity index (χ2n) is 6.43. The van der Waals surface area contributed by atoms with E-state index in [0.29, 0.717) is 38.6 Å². The van der Waals surface area contributed by atoms with Crippen LogP contribution in [0.3, 0.4) is 0 Å². The van der Waals surface area contributed by atoms with Gasteiger partial charge in [-0.25, -0.2) is 13.6 Å². The summed E-state index contributed by atoms with van der Waals surface area (Å²) in [5, 5.41) is 12.0. The number of aliphatic carboxylic acids is 1. The number of nitrogens with zero attached hydrogens (tertiary/aromatic N) is 1. The third kappa shape index (κ3) is 3.63. The predicted molar refractivity (Wildman–Crippen MR) is 72.2 cm³/mol. The van der Waals surface area contributed by atoms with Gasteiger partial charge in [-0.1, -0.05) is 0 Å². The predicted octanol–water partition coefficient (Wildman–Crippen LogP) is 2.32. The molecule has 1 atom stereocenters. The van der Waals surface area contributed by atoms with Gasteiger partial charge in [0.15, 0.2) is 0 Å². The Kier molecular flexibility index (Phi) is 4.68. The quantitative estimate of drug-likeness (QED) is 0.840. The fourth-order valence-corrected chi connectivity index (χ4v) is 3.09. The maximum Gasteiger partial charge on any atom is 0.317 e. The minimum absolute atomic E-state index is 0.0795. The molecule has 0 aromatic carbocycles. The lowest BCUT2D eigenvalue weighted by Crippen LogP contribution is -2.46. The van der Waals surface area contributed by atoms with Gasteiger partial charge in [-0.2, -0.15) is 0 Å². The summed E-state index contributed by atoms with van der Waals surface area (Å²) in [4.78, 5) is 24.8. The molecule has 7 heteroatoms. The summed E-state index contributed by atoms with van der Waals surface area (Å²) in [5.74, 6) is -1.45. The number of halogens is 2. The summed E-state index contributed by atoms with van der Waals surface area (Å²) >= 11 is 0. The zero-order chi connectivity index (χ0) is 15.6. The first-order valence-corrected chi connectivity index (χ1v) is 7.39. The van der Waals surface area contributed by atoms with Gasteiger partial charge in [0, 0.05) is 25.0 Å². The number of carbonyl (C=O) groups is 2. The van der Waals surface area contributed by atoms with E-state index in [4.69, 9.17) is 5.11 Å². The summed E-state index contributed by atoms with van der Waals surface area (Å²) in [7, 11) is 0. The zero-order valence-corrected chi connectivity index (χ0v) is 12.1. The first-order valence-electron chi connectivity index (χ1n) is 7.39. The smallest absolute Gasteiger partial charge is 0.317 e. The minimum atomic E-state index is -2.28. The second kappa shape index (κ2) is 6.15. The van der Waals surface area contributed by atoms with Crippen molar-refractivity contribution < 1.29 is 23.5 Å². The average molecular weight is 304 g/mol. The number of hydrogen-bond donors (Lipinski definition) is 2. The third-order valence-corrected chi connectivity index (χ3v) is 4.73. The monoisotopic (exact) mass is 304 g/mol. The van der Waals surface area contributed by atoms with Crippen molar-refractivity contribution in [3.63, 3.8) is 0 Å². The number of nitrogens with one attached hydrogen (secondary N) is 1. The standard InChI is InChI=1S/C14H22F2N2O3/c1-14(12(19)20)6-7-18(8-14)13(21)17-10-4-2-9(3-5-10)11(15)16/h9-11H,2-8H2,1H3,(H,17,21)(H,19,20). The van der Waals surface area contributed by atoms with Gasteiger partial charge in [0.2, 0.25) is 6.43 Å². The number of hydrogen-bond acceptors (Lipinski definition) is 2. The molecule has 0 spiro atoms. The molecule has 0 aromatic rings. The zero-order valence-electron chi connectivity index (χ0n) is 12.1. The van der Waals surface area contributed by atoms with E-state index in [0.717, 1.165) is 0 Å². The number of amides is 2. The third-order valence-electron chi connectivity index (χ3n) is 4.73. The van der Waals surface area contributed by atoms with Crippen molar-refractivity contribution in [2.45, 2.75) is 51.5 Å². The number of carbonyl (C=O) groups excluding carboxylic acids is 1. The van der Waals surface area contributed by atoms with E-state index < -0.39 is 23.7 Å². The lowest BCUT2D eigenvalue weighted by Gasteiger charge is -2.30. The molecule has 2 rings (SSSR count). The second-order valence-corrected chi connectivity index (χ2v) is 6.43. The van der Waals surface area contributed by atoms with Crippen molar-refractivity contribution in [1.82, 2.24) is 10.2 Å². The summed E-state index contributed by atoms with van der Waals surface area (Å²) < 4.78 is 25.1. The molecule has 0 radical (unpaired) electrons. The number of carboxylic acid groups (broad SMARTS) is 1. The topological polar surface area (TPSA) is 69.6 Å². The van der Waals surface area contributed by atoms with Crippen LogP contribution in [0.2, 0.25) is 0 Å². The Morgan fingerprint density at radius 2 is 1.90 bits per heavy atom. The molecule has 2 amide bonds. The van der Waals surface area contributed by atoms with Gasteiger partial charge in [0.05, 0.1) is 5.41 Å². The number of rotatable bonds is 3. The van der Waals surface area contributed by atoms with Crippen LogP contribution in [0.4, 0.5) is 13.6 Å². The summed E-state index contributed by atoms with van der Waals surface area (Å²) in [5.41, 5.74) is -0.884. The van der Waals surface area contributed by atoms with Gasteiger partial charge in [-0.3, -0.25) is 4.79 Å². The molecule has 120 valence electrons. The molecule has 1 saturated heterocycles. The normalized spacial score (nSPS) is 33.2. The van der Waals surface area contributed by atoms with Crippen LogP contribution < -0.4 is 5.32 Å². The highest BCUT2D eigenvalue weighted by Gasteiger charge is 2.42. The summed E-state index contributed by atoms with van der Waals surface area (Å²) in [6.45, 7) is 2.25. The van der Waals surface area contributed by atoms with Crippen LogP contribution in [-0.2, 0) is 4.79 Å². The van der Waals surface area contributed by atoms with Gasteiger partial charge in [0.1, 0.15) is 0 Å². The van der Waals surface area contributed by atoms with Crippen LogP contribution in [0, 0.1) is 11.3 Å². The highest BCUT2D eigenvalue weighted by atomic mass is 19.3. The van der Waals surface area contributed by atoms with Crippen LogP contribution >= 0.6 is 0 Å². The van der Waals surface area contributed by atoms with E-state index in [1.807, 2.05) is 0 Å². The molecular weight excluding hydrogens is 282 g/mol. The average Bonchev–Trinajstić information content (AvgIpc) is 2.83. The molecule has 2 aliphatic rings. The molecular formula is C14H22F2N2O3. The number of alkyl halides is 2. The molecule has 0 aromatic heterocycles. The van der Waals surface area contributed by atoms with E-state index in [2.05, 4.69) is 5.32 Å². The molecule has 1 heterocycles. The largest absolute Gasteiger partial charge is 0.481 e. The Morgan fingerprint density at radius 1 is 1.29 bits per heavy atom. The van der Waals surface area contributed by atoms with Crippen LogP contribution in [-0.4, -0.2) is 47.6 Å². The Balaban J connectivity index is 1.80. The Bertz CT molecular complexity index is 411. The lowest BCUT2D eigenvalue weighted by molar-refractivity contribution is -0.147. The molecule has 2 N–H and O–H groups in total. The van der Waals surface area contributed by atoms with Crippen molar-refractivity contribution in [1.29, 1.82) is 0 Å². The van der Waals surface area contributed by atoms with E-state index in [1.54, 1.807) is 6.92 Å². The maximum absolute atomic E-state index is 12.6. The van der Waals surface area contributed by atoms with Gasteiger partial charge >= 0.3 is 12.0 Å². The molecule has 1 aliphatic carbocycles. The fourth-order valence-electron chi connectivity index (χ4n) is 3.09. The maximum atomic E-state index is 12.6. The molecule has 21 heavy (non-hydrogen) atoms. The highest BCUT2D eigenvalue weighted by molar-refractivity contribution is 5.79. The number of carboxylic acids is 1. The van der Waals surface area contributed by atoms with Crippen molar-refractivity contribution in [2.75, 3.05) is 13.1 Å². The van der Waals surface area contributed by atoms with Crippen LogP contribution in [0.5, 0.6) is 0 Å². The van der Waals surface area contributed by atoms with E-state index in [-0.39, 0.29) is 18.6 Å². The molecule has 5 nitrogen and oxygen atoms in total. The molecule has 1 saturated carbocycles. The van der Waals surface area contributed by atoms with Crippen molar-refractivity contribution in [3.05, 3.63) is 0 Å². The van der Waals surface area contributed by atoms with E-state index in [9.17, 15) is 18.4 Å². The fraction of sp³-hybridized carbons (Fsp3) is 0.857. The SMILES string of the molecule is CC1(C(=O)O)CCN(C(=O)NC2CCC(C(F)F)CC2)C1. The van der Waals surface area contributed by atoms with Crippen molar-refractivity contribution in [3.8, 4) is 0 Å². The van der Waals surface area contributed by atoms with Crippen LogP contribution in [0.1, 0.15) is 39.0 Å². The molecule has 1 unspecified atom stereocenters. The first-order chi connectivity index (χ1) is 9.82. The highest BCUT2D eigenvalue weighted by Crippen LogP contribution is 2.31. The molecule has 2 fully saturated rings. The lowest BCUT2D eigenvalue weighted by atomic mass is 9.86. The summed E-state index contributed by atoms with van der Waals surface area (Å²) in [6, 6.07) is -0.357. The Morgan fingerprint density at radius 3 is 2.38 bits per heavy atom. The molecule has 1 aliphatic heterocycles. The van der Waals surface area contributed by atoms with E-state index in [1.165, 1.54) is 4.90 Å². The first kappa shape index (κ1) is 16.0. The Hall–Kier alpha value is -1.40. The Labute approximate surface area is 122 Å². The van der Waals surface area contributed by atoms with Gasteiger partial charge in [-0.15, -0.1) is 0 Å². The van der Waals surface area contributed by atoms with Crippen molar-refractivity contribution in [2.24, 2.45) is 11.3 Å². The van der Waals surface area contributed by atoms with Gasteiger partial charge in [0.25, 0.3) is 0 Å². The summed E-state index contributed by atoms with van der Waals surface area (Å²) in [6.07, 6.45) is 0.130. The number of likely N-dealkylation sites (tertiary alicyclic amines) is 1. The minimum Gasteiger partial charge on any atom is -0.481 e. The van der Waals surface area contributed by atoms with Gasteiger partial charge < -0.3 is 15.3 Å². The molecule has 0 bridgehead atoms. The van der Waals surface area contributed by atoms with Crippen LogP contribution in [0.25, 0.3) is 0 Å². The van der Waals surface area contributed by atoms with Crippen molar-refractivity contribution >= 4 is 12.0 Å². The van der Waals surface area contributed by atoms with Gasteiger partial charge in [-0.05, 0) is 39.0 Å². The number of urea groups is 1. The van der Waals surface area contributed by atoms with Crippen LogP contribution in [0.15, 0.2) is 0 Å². The van der Waals surface area contributed by atoms with E-state index >= 15 is 0 Å².